The molecule has 1 amide bonds. The largest absolute Gasteiger partial charge is 0.489 e. The SMILES string of the molecule is Cn1cc([C@@H]2NC(=O)CC[C@H]2NCc2ccc(OCc3ccncc3)cc2)cn1. The third-order valence-electron chi connectivity index (χ3n) is 5.13. The van der Waals surface area contributed by atoms with Gasteiger partial charge in [-0.25, -0.2) is 0 Å². The van der Waals surface area contributed by atoms with Crippen molar-refractivity contribution in [3.63, 3.8) is 0 Å². The molecule has 7 heteroatoms. The number of nitrogens with zero attached hydrogens (tertiary/aromatic N) is 3. The van der Waals surface area contributed by atoms with Crippen molar-refractivity contribution in [2.45, 2.75) is 38.1 Å². The predicted octanol–water partition coefficient (Wildman–Crippen LogP) is 2.50. The molecule has 7 nitrogen and oxygen atoms in total. The smallest absolute Gasteiger partial charge is 0.220 e. The number of pyridine rings is 1. The van der Waals surface area contributed by atoms with E-state index in [0.29, 0.717) is 13.0 Å². The Hall–Kier alpha value is -3.19. The number of carbonyl (C=O) groups is 1. The van der Waals surface area contributed by atoms with Crippen molar-refractivity contribution in [1.29, 1.82) is 0 Å². The van der Waals surface area contributed by atoms with E-state index in [4.69, 9.17) is 4.74 Å². The van der Waals surface area contributed by atoms with E-state index in [9.17, 15) is 4.79 Å². The molecule has 0 aliphatic carbocycles. The molecule has 2 atom stereocenters. The molecule has 0 spiro atoms. The highest BCUT2D eigenvalue weighted by molar-refractivity contribution is 5.77. The Morgan fingerprint density at radius 3 is 2.69 bits per heavy atom. The molecule has 1 aliphatic heterocycles. The molecule has 1 aromatic carbocycles. The molecule has 3 heterocycles. The molecule has 0 unspecified atom stereocenters. The molecule has 0 bridgehead atoms. The van der Waals surface area contributed by atoms with Gasteiger partial charge in [0.1, 0.15) is 12.4 Å². The molecular formula is C22H25N5O2. The highest BCUT2D eigenvalue weighted by Crippen LogP contribution is 2.24. The van der Waals surface area contributed by atoms with Crippen LogP contribution in [-0.4, -0.2) is 26.7 Å². The van der Waals surface area contributed by atoms with Gasteiger partial charge in [-0.15, -0.1) is 0 Å². The van der Waals surface area contributed by atoms with Crippen LogP contribution in [0.4, 0.5) is 0 Å². The van der Waals surface area contributed by atoms with Gasteiger partial charge >= 0.3 is 0 Å². The summed E-state index contributed by atoms with van der Waals surface area (Å²) in [5.41, 5.74) is 3.28. The van der Waals surface area contributed by atoms with E-state index in [-0.39, 0.29) is 18.0 Å². The lowest BCUT2D eigenvalue weighted by molar-refractivity contribution is -0.123. The number of hydrogen-bond donors (Lipinski definition) is 2. The minimum atomic E-state index is -0.0621. The summed E-state index contributed by atoms with van der Waals surface area (Å²) in [6, 6.07) is 12.1. The van der Waals surface area contributed by atoms with E-state index < -0.39 is 0 Å². The molecule has 150 valence electrons. The van der Waals surface area contributed by atoms with Gasteiger partial charge in [0.05, 0.1) is 12.2 Å². The zero-order valence-corrected chi connectivity index (χ0v) is 16.4. The number of ether oxygens (including phenoxy) is 1. The molecule has 29 heavy (non-hydrogen) atoms. The van der Waals surface area contributed by atoms with Crippen molar-refractivity contribution >= 4 is 5.91 Å². The van der Waals surface area contributed by atoms with E-state index in [2.05, 4.69) is 32.8 Å². The zero-order valence-electron chi connectivity index (χ0n) is 16.4. The molecule has 1 aliphatic rings. The van der Waals surface area contributed by atoms with E-state index in [1.54, 1.807) is 17.1 Å². The number of aryl methyl sites for hydroxylation is 1. The summed E-state index contributed by atoms with van der Waals surface area (Å²) in [6.45, 7) is 1.25. The van der Waals surface area contributed by atoms with Crippen molar-refractivity contribution in [1.82, 2.24) is 25.4 Å². The first-order valence-electron chi connectivity index (χ1n) is 9.79. The standard InChI is InChI=1S/C22H25N5O2/c1-27-14-18(13-25-27)22-20(6-7-21(28)26-22)24-12-16-2-4-19(5-3-16)29-15-17-8-10-23-11-9-17/h2-5,8-11,13-14,20,22,24H,6-7,12,15H2,1H3,(H,26,28)/t20-,22+/m1/s1. The van der Waals surface area contributed by atoms with E-state index >= 15 is 0 Å². The lowest BCUT2D eigenvalue weighted by Gasteiger charge is -2.32. The second kappa shape index (κ2) is 8.87. The molecular weight excluding hydrogens is 366 g/mol. The summed E-state index contributed by atoms with van der Waals surface area (Å²) in [5, 5.41) is 10.9. The predicted molar refractivity (Wildman–Crippen MR) is 109 cm³/mol. The summed E-state index contributed by atoms with van der Waals surface area (Å²) < 4.78 is 7.59. The highest BCUT2D eigenvalue weighted by Gasteiger charge is 2.30. The average molecular weight is 391 g/mol. The molecule has 0 radical (unpaired) electrons. The summed E-state index contributed by atoms with van der Waals surface area (Å²) in [7, 11) is 1.88. The number of aromatic nitrogens is 3. The normalized spacial score (nSPS) is 19.0. The Morgan fingerprint density at radius 2 is 1.97 bits per heavy atom. The van der Waals surface area contributed by atoms with Crippen molar-refractivity contribution in [3.05, 3.63) is 77.9 Å². The first-order chi connectivity index (χ1) is 14.2. The lowest BCUT2D eigenvalue weighted by atomic mass is 9.93. The van der Waals surface area contributed by atoms with Crippen molar-refractivity contribution < 1.29 is 9.53 Å². The lowest BCUT2D eigenvalue weighted by Crippen LogP contribution is -2.48. The number of hydrogen-bond acceptors (Lipinski definition) is 5. The Morgan fingerprint density at radius 1 is 1.17 bits per heavy atom. The maximum Gasteiger partial charge on any atom is 0.220 e. The minimum absolute atomic E-state index is 0.0621. The number of piperidine rings is 1. The number of nitrogens with one attached hydrogen (secondary N) is 2. The number of amides is 1. The van der Waals surface area contributed by atoms with Crippen molar-refractivity contribution in [2.75, 3.05) is 0 Å². The fourth-order valence-corrected chi connectivity index (χ4v) is 3.53. The molecule has 3 aromatic rings. The first-order valence-corrected chi connectivity index (χ1v) is 9.79. The Labute approximate surface area is 170 Å². The van der Waals surface area contributed by atoms with Crippen LogP contribution in [0.3, 0.4) is 0 Å². The van der Waals surface area contributed by atoms with Crippen LogP contribution in [-0.2, 0) is 25.0 Å². The second-order valence-corrected chi connectivity index (χ2v) is 7.31. The van der Waals surface area contributed by atoms with E-state index in [1.165, 1.54) is 5.56 Å². The van der Waals surface area contributed by atoms with Crippen LogP contribution in [0.5, 0.6) is 5.75 Å². The first kappa shape index (κ1) is 19.1. The van der Waals surface area contributed by atoms with Gasteiger partial charge in [-0.05, 0) is 41.8 Å². The Balaban J connectivity index is 1.33. The summed E-state index contributed by atoms with van der Waals surface area (Å²) in [5.74, 6) is 0.927. The topological polar surface area (TPSA) is 81.1 Å². The fraction of sp³-hybridized carbons (Fsp3) is 0.318. The van der Waals surface area contributed by atoms with Gasteiger partial charge in [0.25, 0.3) is 0 Å². The van der Waals surface area contributed by atoms with E-state index in [1.807, 2.05) is 43.7 Å². The maximum absolute atomic E-state index is 11.9. The van der Waals surface area contributed by atoms with Gasteiger partial charge < -0.3 is 15.4 Å². The molecule has 0 saturated carbocycles. The Bertz CT molecular complexity index is 939. The molecule has 1 fully saturated rings. The number of carbonyl (C=O) groups excluding carboxylic acids is 1. The number of benzene rings is 1. The number of rotatable bonds is 7. The second-order valence-electron chi connectivity index (χ2n) is 7.31. The van der Waals surface area contributed by atoms with Crippen LogP contribution in [0.2, 0.25) is 0 Å². The van der Waals surface area contributed by atoms with Gasteiger partial charge in [0.2, 0.25) is 5.91 Å². The van der Waals surface area contributed by atoms with Gasteiger partial charge in [-0.1, -0.05) is 12.1 Å². The molecule has 2 N–H and O–H groups in total. The van der Waals surface area contributed by atoms with Crippen LogP contribution in [0, 0.1) is 0 Å². The third kappa shape index (κ3) is 5.00. The third-order valence-corrected chi connectivity index (χ3v) is 5.13. The van der Waals surface area contributed by atoms with Gasteiger partial charge in [0.15, 0.2) is 0 Å². The van der Waals surface area contributed by atoms with Crippen LogP contribution in [0.25, 0.3) is 0 Å². The van der Waals surface area contributed by atoms with E-state index in [0.717, 1.165) is 29.8 Å². The van der Waals surface area contributed by atoms with Crippen LogP contribution >= 0.6 is 0 Å². The maximum atomic E-state index is 11.9. The summed E-state index contributed by atoms with van der Waals surface area (Å²) >= 11 is 0. The zero-order chi connectivity index (χ0) is 20.1. The molecule has 4 rings (SSSR count). The van der Waals surface area contributed by atoms with Crippen LogP contribution in [0.15, 0.2) is 61.2 Å². The van der Waals surface area contributed by atoms with Crippen LogP contribution < -0.4 is 15.4 Å². The van der Waals surface area contributed by atoms with Crippen molar-refractivity contribution in [2.24, 2.45) is 7.05 Å². The Kier molecular flexibility index (Phi) is 5.86. The van der Waals surface area contributed by atoms with Gasteiger partial charge in [-0.2, -0.15) is 5.10 Å². The summed E-state index contributed by atoms with van der Waals surface area (Å²) in [6.07, 6.45) is 8.65. The summed E-state index contributed by atoms with van der Waals surface area (Å²) in [4.78, 5) is 15.9. The van der Waals surface area contributed by atoms with Gasteiger partial charge in [-0.3, -0.25) is 14.5 Å². The molecule has 2 aromatic heterocycles. The highest BCUT2D eigenvalue weighted by atomic mass is 16.5. The fourth-order valence-electron chi connectivity index (χ4n) is 3.53. The van der Waals surface area contributed by atoms with Crippen LogP contribution in [0.1, 0.15) is 35.6 Å². The molecule has 1 saturated heterocycles. The van der Waals surface area contributed by atoms with Gasteiger partial charge in [0, 0.05) is 50.2 Å². The monoisotopic (exact) mass is 391 g/mol. The quantitative estimate of drug-likeness (QED) is 0.647. The minimum Gasteiger partial charge on any atom is -0.489 e. The van der Waals surface area contributed by atoms with Crippen molar-refractivity contribution in [3.8, 4) is 5.75 Å². The average Bonchev–Trinajstić information content (AvgIpc) is 3.19.